The minimum atomic E-state index is -4.34. The van der Waals surface area contributed by atoms with Crippen molar-refractivity contribution < 1.29 is 13.2 Å². The predicted octanol–water partition coefficient (Wildman–Crippen LogP) is 3.63. The largest absolute Gasteiger partial charge is 0.416 e. The maximum Gasteiger partial charge on any atom is 0.416 e. The molecule has 0 saturated carbocycles. The Hall–Kier alpha value is -1.63. The third-order valence-corrected chi connectivity index (χ3v) is 5.35. The van der Waals surface area contributed by atoms with Crippen molar-refractivity contribution in [3.05, 3.63) is 41.2 Å². The number of piperazine rings is 1. The number of hydrogen-bond acceptors (Lipinski definition) is 5. The van der Waals surface area contributed by atoms with E-state index in [1.54, 1.807) is 13.1 Å². The van der Waals surface area contributed by atoms with E-state index in [2.05, 4.69) is 29.5 Å². The Morgan fingerprint density at radius 3 is 2.55 bits per heavy atom. The smallest absolute Gasteiger partial charge is 0.352 e. The number of alkyl halides is 3. The Balaban J connectivity index is 0.00000300. The van der Waals surface area contributed by atoms with Crippen molar-refractivity contribution in [3.63, 3.8) is 0 Å². The second-order valence-corrected chi connectivity index (χ2v) is 7.15. The number of guanidine groups is 1. The fourth-order valence-corrected chi connectivity index (χ4v) is 3.80. The SMILES string of the molecule is CCc1nsc(N2CCN(C(=NC)NCc3cccc(C(F)(F)F)c3)CC2)n1.I. The molecule has 160 valence electrons. The number of anilines is 1. The van der Waals surface area contributed by atoms with E-state index in [4.69, 9.17) is 0 Å². The topological polar surface area (TPSA) is 56.7 Å². The molecule has 1 aromatic heterocycles. The van der Waals surface area contributed by atoms with E-state index in [0.717, 1.165) is 49.6 Å². The van der Waals surface area contributed by atoms with Crippen LogP contribution < -0.4 is 10.2 Å². The van der Waals surface area contributed by atoms with Crippen molar-refractivity contribution in [3.8, 4) is 0 Å². The minimum Gasteiger partial charge on any atom is -0.352 e. The summed E-state index contributed by atoms with van der Waals surface area (Å²) in [5.41, 5.74) is -0.0746. The molecule has 1 aliphatic rings. The van der Waals surface area contributed by atoms with Gasteiger partial charge in [-0.1, -0.05) is 19.1 Å². The summed E-state index contributed by atoms with van der Waals surface area (Å²) in [6, 6.07) is 5.34. The highest BCUT2D eigenvalue weighted by atomic mass is 127. The third-order valence-electron chi connectivity index (χ3n) is 4.54. The highest BCUT2D eigenvalue weighted by Gasteiger charge is 2.30. The number of nitrogens with zero attached hydrogens (tertiary/aromatic N) is 5. The van der Waals surface area contributed by atoms with E-state index in [-0.39, 0.29) is 30.5 Å². The van der Waals surface area contributed by atoms with E-state index in [1.807, 2.05) is 6.92 Å². The molecule has 3 rings (SSSR count). The fourth-order valence-electron chi connectivity index (χ4n) is 3.00. The lowest BCUT2D eigenvalue weighted by molar-refractivity contribution is -0.137. The molecule has 0 atom stereocenters. The van der Waals surface area contributed by atoms with E-state index >= 15 is 0 Å². The Bertz CT molecular complexity index is 818. The van der Waals surface area contributed by atoms with Gasteiger partial charge in [0.05, 0.1) is 5.56 Å². The average molecular weight is 540 g/mol. The summed E-state index contributed by atoms with van der Waals surface area (Å²) in [6.07, 6.45) is -3.51. The second kappa shape index (κ2) is 10.4. The molecule has 0 unspecified atom stereocenters. The molecule has 0 radical (unpaired) electrons. The number of hydrogen-bond donors (Lipinski definition) is 1. The number of rotatable bonds is 4. The Kier molecular flexibility index (Phi) is 8.49. The van der Waals surface area contributed by atoms with E-state index < -0.39 is 11.7 Å². The first-order valence-corrected chi connectivity index (χ1v) is 9.87. The lowest BCUT2D eigenvalue weighted by Crippen LogP contribution is -2.52. The quantitative estimate of drug-likeness (QED) is 0.365. The highest BCUT2D eigenvalue weighted by Crippen LogP contribution is 2.29. The first-order chi connectivity index (χ1) is 13.4. The van der Waals surface area contributed by atoms with Gasteiger partial charge in [0.15, 0.2) is 5.96 Å². The lowest BCUT2D eigenvalue weighted by Gasteiger charge is -2.36. The first-order valence-electron chi connectivity index (χ1n) is 9.10. The Morgan fingerprint density at radius 2 is 1.97 bits per heavy atom. The van der Waals surface area contributed by atoms with Crippen LogP contribution in [0.15, 0.2) is 29.3 Å². The van der Waals surface area contributed by atoms with Crippen molar-refractivity contribution in [2.24, 2.45) is 4.99 Å². The van der Waals surface area contributed by atoms with Crippen LogP contribution in [-0.2, 0) is 19.1 Å². The van der Waals surface area contributed by atoms with Crippen molar-refractivity contribution in [1.29, 1.82) is 0 Å². The summed E-state index contributed by atoms with van der Waals surface area (Å²) >= 11 is 1.42. The molecule has 1 fully saturated rings. The normalized spacial score (nSPS) is 15.3. The van der Waals surface area contributed by atoms with Gasteiger partial charge in [0.25, 0.3) is 0 Å². The third kappa shape index (κ3) is 6.17. The molecule has 0 aliphatic carbocycles. The van der Waals surface area contributed by atoms with Crippen LogP contribution in [0.2, 0.25) is 0 Å². The summed E-state index contributed by atoms with van der Waals surface area (Å²) in [5.74, 6) is 1.55. The standard InChI is InChI=1S/C18H23F3N6S.HI/c1-3-15-24-17(28-25-15)27-9-7-26(8-10-27)16(22-2)23-12-13-5-4-6-14(11-13)18(19,20)21;/h4-6,11H,3,7-10,12H2,1-2H3,(H,22,23);1H. The summed E-state index contributed by atoms with van der Waals surface area (Å²) in [5, 5.41) is 4.10. The van der Waals surface area contributed by atoms with Gasteiger partial charge in [-0.05, 0) is 17.7 Å². The molecule has 29 heavy (non-hydrogen) atoms. The van der Waals surface area contributed by atoms with Crippen LogP contribution in [-0.4, -0.2) is 53.4 Å². The molecule has 2 aromatic rings. The van der Waals surface area contributed by atoms with Crippen LogP contribution in [0.5, 0.6) is 0 Å². The molecule has 2 heterocycles. The summed E-state index contributed by atoms with van der Waals surface area (Å²) in [7, 11) is 1.68. The van der Waals surface area contributed by atoms with Gasteiger partial charge < -0.3 is 15.1 Å². The number of aliphatic imine (C=N–C) groups is 1. The molecule has 0 amide bonds. The molecule has 0 bridgehead atoms. The van der Waals surface area contributed by atoms with Gasteiger partial charge in [0.1, 0.15) is 5.82 Å². The number of halogens is 4. The Labute approximate surface area is 189 Å². The summed E-state index contributed by atoms with van der Waals surface area (Å²) < 4.78 is 42.9. The Morgan fingerprint density at radius 1 is 1.24 bits per heavy atom. The first kappa shape index (κ1) is 23.6. The van der Waals surface area contributed by atoms with Crippen LogP contribution in [0, 0.1) is 0 Å². The zero-order valence-corrected chi connectivity index (χ0v) is 19.4. The number of aryl methyl sites for hydroxylation is 1. The van der Waals surface area contributed by atoms with Gasteiger partial charge >= 0.3 is 6.18 Å². The van der Waals surface area contributed by atoms with E-state index in [9.17, 15) is 13.2 Å². The number of aromatic nitrogens is 2. The van der Waals surface area contributed by atoms with Crippen LogP contribution in [0.25, 0.3) is 0 Å². The number of benzene rings is 1. The zero-order chi connectivity index (χ0) is 20.1. The minimum absolute atomic E-state index is 0. The predicted molar refractivity (Wildman–Crippen MR) is 120 cm³/mol. The van der Waals surface area contributed by atoms with E-state index in [0.29, 0.717) is 11.5 Å². The maximum absolute atomic E-state index is 12.9. The lowest BCUT2D eigenvalue weighted by atomic mass is 10.1. The van der Waals surface area contributed by atoms with Gasteiger partial charge in [0, 0.05) is 57.7 Å². The highest BCUT2D eigenvalue weighted by molar-refractivity contribution is 14.0. The van der Waals surface area contributed by atoms with Gasteiger partial charge in [-0.2, -0.15) is 17.5 Å². The van der Waals surface area contributed by atoms with Crippen LogP contribution in [0.3, 0.4) is 0 Å². The fraction of sp³-hybridized carbons (Fsp3) is 0.500. The molecular formula is C18H24F3IN6S. The van der Waals surface area contributed by atoms with Crippen molar-refractivity contribution in [1.82, 2.24) is 19.6 Å². The molecule has 0 spiro atoms. The summed E-state index contributed by atoms with van der Waals surface area (Å²) in [4.78, 5) is 13.1. The molecule has 6 nitrogen and oxygen atoms in total. The van der Waals surface area contributed by atoms with Crippen LogP contribution in [0.4, 0.5) is 18.3 Å². The molecule has 1 saturated heterocycles. The molecule has 1 aromatic carbocycles. The zero-order valence-electron chi connectivity index (χ0n) is 16.2. The van der Waals surface area contributed by atoms with E-state index in [1.165, 1.54) is 23.7 Å². The van der Waals surface area contributed by atoms with Gasteiger partial charge in [-0.3, -0.25) is 4.99 Å². The van der Waals surface area contributed by atoms with Gasteiger partial charge in [0.2, 0.25) is 5.13 Å². The average Bonchev–Trinajstić information content (AvgIpc) is 3.18. The second-order valence-electron chi connectivity index (χ2n) is 6.42. The van der Waals surface area contributed by atoms with Crippen molar-refractivity contribution >= 4 is 46.6 Å². The van der Waals surface area contributed by atoms with Gasteiger partial charge in [-0.25, -0.2) is 4.98 Å². The van der Waals surface area contributed by atoms with Crippen molar-refractivity contribution in [2.45, 2.75) is 26.1 Å². The molecule has 11 heteroatoms. The van der Waals surface area contributed by atoms with Gasteiger partial charge in [-0.15, -0.1) is 24.0 Å². The maximum atomic E-state index is 12.9. The van der Waals surface area contributed by atoms with Crippen LogP contribution >= 0.6 is 35.5 Å². The molecular weight excluding hydrogens is 516 g/mol. The molecule has 1 N–H and O–H groups in total. The number of nitrogens with one attached hydrogen (secondary N) is 1. The summed E-state index contributed by atoms with van der Waals surface area (Å²) in [6.45, 7) is 5.41. The monoisotopic (exact) mass is 540 g/mol. The molecule has 1 aliphatic heterocycles. The van der Waals surface area contributed by atoms with Crippen LogP contribution in [0.1, 0.15) is 23.9 Å². The van der Waals surface area contributed by atoms with Crippen molar-refractivity contribution in [2.75, 3.05) is 38.1 Å².